The average molecular weight is 147 g/mol. The SMILES string of the molecule is CC(CO)C(C)NC(=O)O. The summed E-state index contributed by atoms with van der Waals surface area (Å²) in [5, 5.41) is 19.1. The number of hydrogen-bond donors (Lipinski definition) is 3. The molecule has 3 N–H and O–H groups in total. The Hall–Kier alpha value is -0.770. The van der Waals surface area contributed by atoms with E-state index in [4.69, 9.17) is 10.2 Å². The van der Waals surface area contributed by atoms with Gasteiger partial charge in [-0.15, -0.1) is 0 Å². The second-order valence-corrected chi connectivity index (χ2v) is 2.40. The third-order valence-electron chi connectivity index (χ3n) is 1.49. The van der Waals surface area contributed by atoms with Crippen LogP contribution in [0.1, 0.15) is 13.8 Å². The van der Waals surface area contributed by atoms with E-state index in [0.717, 1.165) is 0 Å². The molecule has 0 spiro atoms. The minimum Gasteiger partial charge on any atom is -0.465 e. The quantitative estimate of drug-likeness (QED) is 0.536. The first-order valence-corrected chi connectivity index (χ1v) is 3.18. The molecule has 0 radical (unpaired) electrons. The molecule has 0 aromatic rings. The van der Waals surface area contributed by atoms with Crippen molar-refractivity contribution in [3.63, 3.8) is 0 Å². The highest BCUT2D eigenvalue weighted by atomic mass is 16.4. The van der Waals surface area contributed by atoms with Crippen molar-refractivity contribution in [3.05, 3.63) is 0 Å². The lowest BCUT2D eigenvalue weighted by Gasteiger charge is -2.16. The van der Waals surface area contributed by atoms with Gasteiger partial charge < -0.3 is 15.5 Å². The van der Waals surface area contributed by atoms with Crippen LogP contribution in [0.15, 0.2) is 0 Å². The van der Waals surface area contributed by atoms with Gasteiger partial charge in [0.15, 0.2) is 0 Å². The number of amides is 1. The van der Waals surface area contributed by atoms with Crippen molar-refractivity contribution in [3.8, 4) is 0 Å². The Labute approximate surface area is 59.9 Å². The van der Waals surface area contributed by atoms with Crippen LogP contribution in [0.4, 0.5) is 4.79 Å². The Balaban J connectivity index is 3.61. The summed E-state index contributed by atoms with van der Waals surface area (Å²) in [5.41, 5.74) is 0. The van der Waals surface area contributed by atoms with Gasteiger partial charge in [0.2, 0.25) is 0 Å². The first kappa shape index (κ1) is 9.23. The molecule has 0 saturated heterocycles. The average Bonchev–Trinajstić information content (AvgIpc) is 1.85. The number of aliphatic hydroxyl groups is 1. The van der Waals surface area contributed by atoms with Crippen molar-refractivity contribution in [1.82, 2.24) is 5.32 Å². The van der Waals surface area contributed by atoms with Crippen LogP contribution in [0.5, 0.6) is 0 Å². The number of aliphatic hydroxyl groups excluding tert-OH is 1. The molecule has 0 bridgehead atoms. The maximum Gasteiger partial charge on any atom is 0.404 e. The Kier molecular flexibility index (Phi) is 3.79. The molecular formula is C6H13NO3. The lowest BCUT2D eigenvalue weighted by Crippen LogP contribution is -2.37. The van der Waals surface area contributed by atoms with E-state index in [1.165, 1.54) is 0 Å². The molecule has 1 amide bonds. The topological polar surface area (TPSA) is 69.6 Å². The molecule has 0 aliphatic heterocycles. The molecule has 0 aliphatic rings. The van der Waals surface area contributed by atoms with E-state index in [-0.39, 0.29) is 18.6 Å². The molecule has 0 saturated carbocycles. The third-order valence-corrected chi connectivity index (χ3v) is 1.49. The van der Waals surface area contributed by atoms with Crippen LogP contribution in [-0.4, -0.2) is 29.0 Å². The van der Waals surface area contributed by atoms with E-state index in [9.17, 15) is 4.79 Å². The number of nitrogens with one attached hydrogen (secondary N) is 1. The third kappa shape index (κ3) is 3.29. The molecular weight excluding hydrogens is 134 g/mol. The fourth-order valence-corrected chi connectivity index (χ4v) is 0.495. The molecule has 0 aromatic heterocycles. The van der Waals surface area contributed by atoms with Gasteiger partial charge in [-0.25, -0.2) is 4.79 Å². The van der Waals surface area contributed by atoms with Gasteiger partial charge in [0.1, 0.15) is 0 Å². The number of rotatable bonds is 3. The molecule has 2 unspecified atom stereocenters. The molecule has 0 heterocycles. The van der Waals surface area contributed by atoms with E-state index < -0.39 is 6.09 Å². The zero-order valence-corrected chi connectivity index (χ0v) is 6.16. The molecule has 4 heteroatoms. The Morgan fingerprint density at radius 3 is 2.40 bits per heavy atom. The molecule has 2 atom stereocenters. The summed E-state index contributed by atoms with van der Waals surface area (Å²) in [6.45, 7) is 3.50. The van der Waals surface area contributed by atoms with Crippen molar-refractivity contribution in [2.75, 3.05) is 6.61 Å². The fraction of sp³-hybridized carbons (Fsp3) is 0.833. The monoisotopic (exact) mass is 147 g/mol. The smallest absolute Gasteiger partial charge is 0.404 e. The summed E-state index contributed by atoms with van der Waals surface area (Å²) >= 11 is 0. The van der Waals surface area contributed by atoms with E-state index in [0.29, 0.717) is 0 Å². The second kappa shape index (κ2) is 4.11. The number of carboxylic acid groups (broad SMARTS) is 1. The van der Waals surface area contributed by atoms with Gasteiger partial charge >= 0.3 is 6.09 Å². The van der Waals surface area contributed by atoms with Gasteiger partial charge in [-0.05, 0) is 12.8 Å². The lowest BCUT2D eigenvalue weighted by molar-refractivity contribution is 0.173. The highest BCUT2D eigenvalue weighted by Gasteiger charge is 2.11. The van der Waals surface area contributed by atoms with Crippen molar-refractivity contribution in [2.45, 2.75) is 19.9 Å². The zero-order valence-electron chi connectivity index (χ0n) is 6.16. The molecule has 10 heavy (non-hydrogen) atoms. The van der Waals surface area contributed by atoms with Crippen molar-refractivity contribution < 1.29 is 15.0 Å². The maximum absolute atomic E-state index is 10.0. The molecule has 0 aliphatic carbocycles. The summed E-state index contributed by atoms with van der Waals surface area (Å²) in [5.74, 6) is -0.0314. The number of hydrogen-bond acceptors (Lipinski definition) is 2. The second-order valence-electron chi connectivity index (χ2n) is 2.40. The van der Waals surface area contributed by atoms with Gasteiger partial charge in [0, 0.05) is 12.6 Å². The van der Waals surface area contributed by atoms with Gasteiger partial charge in [-0.3, -0.25) is 0 Å². The summed E-state index contributed by atoms with van der Waals surface area (Å²) in [4.78, 5) is 10.0. The first-order valence-electron chi connectivity index (χ1n) is 3.18. The molecule has 4 nitrogen and oxygen atoms in total. The van der Waals surface area contributed by atoms with Crippen molar-refractivity contribution >= 4 is 6.09 Å². The van der Waals surface area contributed by atoms with Crippen molar-refractivity contribution in [1.29, 1.82) is 0 Å². The van der Waals surface area contributed by atoms with Gasteiger partial charge in [-0.2, -0.15) is 0 Å². The predicted molar refractivity (Wildman–Crippen MR) is 36.9 cm³/mol. The summed E-state index contributed by atoms with van der Waals surface area (Å²) in [6.07, 6.45) is -1.05. The van der Waals surface area contributed by atoms with Crippen molar-refractivity contribution in [2.24, 2.45) is 5.92 Å². The minimum absolute atomic E-state index is 0.00144. The maximum atomic E-state index is 10.0. The zero-order chi connectivity index (χ0) is 8.15. The molecule has 0 fully saturated rings. The van der Waals surface area contributed by atoms with Crippen LogP contribution in [-0.2, 0) is 0 Å². The summed E-state index contributed by atoms with van der Waals surface area (Å²) < 4.78 is 0. The van der Waals surface area contributed by atoms with Crippen LogP contribution >= 0.6 is 0 Å². The fourth-order valence-electron chi connectivity index (χ4n) is 0.495. The van der Waals surface area contributed by atoms with Crippen LogP contribution in [0.2, 0.25) is 0 Å². The molecule has 0 aromatic carbocycles. The van der Waals surface area contributed by atoms with E-state index in [1.54, 1.807) is 13.8 Å². The van der Waals surface area contributed by atoms with Gasteiger partial charge in [0.25, 0.3) is 0 Å². The Morgan fingerprint density at radius 1 is 1.60 bits per heavy atom. The highest BCUT2D eigenvalue weighted by molar-refractivity contribution is 5.64. The summed E-state index contributed by atoms with van der Waals surface area (Å²) in [7, 11) is 0. The predicted octanol–water partition coefficient (Wildman–Crippen LogP) is 0.271. The van der Waals surface area contributed by atoms with Gasteiger partial charge in [-0.1, -0.05) is 6.92 Å². The van der Waals surface area contributed by atoms with E-state index >= 15 is 0 Å². The first-order chi connectivity index (χ1) is 4.57. The van der Waals surface area contributed by atoms with Crippen LogP contribution < -0.4 is 5.32 Å². The normalized spacial score (nSPS) is 15.9. The highest BCUT2D eigenvalue weighted by Crippen LogP contribution is 1.99. The minimum atomic E-state index is -1.05. The van der Waals surface area contributed by atoms with E-state index in [2.05, 4.69) is 5.32 Å². The Bertz CT molecular complexity index is 116. The Morgan fingerprint density at radius 2 is 2.10 bits per heavy atom. The standard InChI is InChI=1S/C6H13NO3/c1-4(3-8)5(2)7-6(9)10/h4-5,7-8H,3H2,1-2H3,(H,9,10). The number of carbonyl (C=O) groups is 1. The van der Waals surface area contributed by atoms with Crippen LogP contribution in [0.3, 0.4) is 0 Å². The van der Waals surface area contributed by atoms with Crippen LogP contribution in [0.25, 0.3) is 0 Å². The molecule has 60 valence electrons. The lowest BCUT2D eigenvalue weighted by atomic mass is 10.1. The van der Waals surface area contributed by atoms with Gasteiger partial charge in [0.05, 0.1) is 0 Å². The van der Waals surface area contributed by atoms with E-state index in [1.807, 2.05) is 0 Å². The molecule has 0 rings (SSSR count). The summed E-state index contributed by atoms with van der Waals surface area (Å²) in [6, 6.07) is -0.192. The largest absolute Gasteiger partial charge is 0.465 e. The van der Waals surface area contributed by atoms with Crippen LogP contribution in [0, 0.1) is 5.92 Å².